The Hall–Kier alpha value is -2.48. The van der Waals surface area contributed by atoms with Crippen molar-refractivity contribution in [1.29, 1.82) is 0 Å². The molecular formula is C21H22Cl3N3O4. The van der Waals surface area contributed by atoms with Crippen LogP contribution >= 0.6 is 34.8 Å². The van der Waals surface area contributed by atoms with E-state index >= 15 is 0 Å². The van der Waals surface area contributed by atoms with Crippen molar-refractivity contribution in [2.45, 2.75) is 32.6 Å². The van der Waals surface area contributed by atoms with E-state index in [1.54, 1.807) is 43.3 Å². The van der Waals surface area contributed by atoms with E-state index in [-0.39, 0.29) is 37.7 Å². The summed E-state index contributed by atoms with van der Waals surface area (Å²) < 4.78 is 5.49. The maximum absolute atomic E-state index is 12.0. The number of ether oxygens (including phenoxy) is 1. The number of hydrogen-bond donors (Lipinski definition) is 3. The third kappa shape index (κ3) is 8.65. The molecule has 10 heteroatoms. The van der Waals surface area contributed by atoms with Gasteiger partial charge in [0.2, 0.25) is 17.7 Å². The minimum absolute atomic E-state index is 0.0383. The van der Waals surface area contributed by atoms with Crippen LogP contribution in [0.2, 0.25) is 15.1 Å². The Labute approximate surface area is 195 Å². The molecule has 0 radical (unpaired) electrons. The molecule has 0 bridgehead atoms. The number of nitrogens with one attached hydrogen (secondary N) is 3. The topological polar surface area (TPSA) is 96.5 Å². The van der Waals surface area contributed by atoms with Crippen LogP contribution in [0.25, 0.3) is 0 Å². The molecule has 7 nitrogen and oxygen atoms in total. The molecule has 3 amide bonds. The van der Waals surface area contributed by atoms with Crippen molar-refractivity contribution in [3.05, 3.63) is 57.0 Å². The summed E-state index contributed by atoms with van der Waals surface area (Å²) in [6, 6.07) is 10.0. The molecule has 31 heavy (non-hydrogen) atoms. The van der Waals surface area contributed by atoms with Gasteiger partial charge in [-0.2, -0.15) is 0 Å². The minimum atomic E-state index is -0.476. The molecule has 2 rings (SSSR count). The third-order valence-corrected chi connectivity index (χ3v) is 5.10. The molecule has 0 saturated carbocycles. The van der Waals surface area contributed by atoms with Crippen molar-refractivity contribution in [2.24, 2.45) is 0 Å². The molecule has 0 aliphatic carbocycles. The standard InChI is InChI=1S/C21H22Cl3N3O4/c1-13-15(23)4-2-5-17(13)25-19(28)9-10-21(30)27-26-20(29)6-3-11-31-18-8-7-14(22)12-16(18)24/h2,4-5,7-8,12H,3,6,9-11H2,1H3,(H,25,28)(H,26,29)(H,27,30). The second-order valence-electron chi connectivity index (χ2n) is 6.58. The minimum Gasteiger partial charge on any atom is -0.492 e. The largest absolute Gasteiger partial charge is 0.492 e. The summed E-state index contributed by atoms with van der Waals surface area (Å²) in [5.74, 6) is -0.704. The molecule has 0 aliphatic rings. The van der Waals surface area contributed by atoms with Crippen molar-refractivity contribution in [2.75, 3.05) is 11.9 Å². The van der Waals surface area contributed by atoms with Gasteiger partial charge in [-0.25, -0.2) is 0 Å². The van der Waals surface area contributed by atoms with Gasteiger partial charge in [0.15, 0.2) is 0 Å². The first-order valence-electron chi connectivity index (χ1n) is 9.46. The van der Waals surface area contributed by atoms with E-state index in [9.17, 15) is 14.4 Å². The molecular weight excluding hydrogens is 465 g/mol. The number of hydrogen-bond acceptors (Lipinski definition) is 4. The van der Waals surface area contributed by atoms with E-state index < -0.39 is 5.91 Å². The van der Waals surface area contributed by atoms with Gasteiger partial charge in [0.25, 0.3) is 0 Å². The molecule has 0 aromatic heterocycles. The molecule has 2 aromatic rings. The van der Waals surface area contributed by atoms with Crippen molar-refractivity contribution in [3.63, 3.8) is 0 Å². The van der Waals surface area contributed by atoms with Gasteiger partial charge in [0, 0.05) is 35.0 Å². The molecule has 3 N–H and O–H groups in total. The smallest absolute Gasteiger partial charge is 0.238 e. The molecule has 2 aromatic carbocycles. The number of amides is 3. The van der Waals surface area contributed by atoms with E-state index in [1.165, 1.54) is 0 Å². The van der Waals surface area contributed by atoms with Crippen LogP contribution < -0.4 is 20.9 Å². The van der Waals surface area contributed by atoms with Crippen molar-refractivity contribution >= 4 is 58.2 Å². The molecule has 0 atom stereocenters. The van der Waals surface area contributed by atoms with Gasteiger partial charge in [-0.15, -0.1) is 0 Å². The van der Waals surface area contributed by atoms with Crippen LogP contribution in [-0.2, 0) is 14.4 Å². The highest BCUT2D eigenvalue weighted by atomic mass is 35.5. The summed E-state index contributed by atoms with van der Waals surface area (Å²) in [6.45, 7) is 2.06. The van der Waals surface area contributed by atoms with Gasteiger partial charge >= 0.3 is 0 Å². The lowest BCUT2D eigenvalue weighted by Gasteiger charge is -2.10. The van der Waals surface area contributed by atoms with Gasteiger partial charge in [-0.1, -0.05) is 40.9 Å². The Bertz CT molecular complexity index is 953. The number of hydrazine groups is 1. The van der Waals surface area contributed by atoms with Crippen LogP contribution in [0, 0.1) is 6.92 Å². The monoisotopic (exact) mass is 485 g/mol. The highest BCUT2D eigenvalue weighted by molar-refractivity contribution is 6.35. The highest BCUT2D eigenvalue weighted by Gasteiger charge is 2.11. The lowest BCUT2D eigenvalue weighted by atomic mass is 10.2. The van der Waals surface area contributed by atoms with Crippen LogP contribution in [0.15, 0.2) is 36.4 Å². The Balaban J connectivity index is 1.60. The Kier molecular flexibility index (Phi) is 9.91. The first kappa shape index (κ1) is 24.8. The summed E-state index contributed by atoms with van der Waals surface area (Å²) in [4.78, 5) is 35.6. The zero-order valence-corrected chi connectivity index (χ0v) is 19.0. The predicted octanol–water partition coefficient (Wildman–Crippen LogP) is 4.68. The Morgan fingerprint density at radius 2 is 1.55 bits per heavy atom. The third-order valence-electron chi connectivity index (χ3n) is 4.16. The number of carbonyl (C=O) groups is 3. The van der Waals surface area contributed by atoms with Crippen LogP contribution in [0.4, 0.5) is 5.69 Å². The molecule has 0 spiro atoms. The Morgan fingerprint density at radius 1 is 0.871 bits per heavy atom. The average molecular weight is 487 g/mol. The van der Waals surface area contributed by atoms with Gasteiger partial charge in [-0.3, -0.25) is 25.2 Å². The maximum atomic E-state index is 12.0. The normalized spacial score (nSPS) is 10.3. The summed E-state index contributed by atoms with van der Waals surface area (Å²) >= 11 is 17.8. The quantitative estimate of drug-likeness (QED) is 0.354. The first-order chi connectivity index (χ1) is 14.8. The predicted molar refractivity (Wildman–Crippen MR) is 122 cm³/mol. The van der Waals surface area contributed by atoms with E-state index in [1.807, 2.05) is 0 Å². The second kappa shape index (κ2) is 12.4. The Morgan fingerprint density at radius 3 is 2.26 bits per heavy atom. The maximum Gasteiger partial charge on any atom is 0.238 e. The molecule has 0 heterocycles. The molecule has 0 unspecified atom stereocenters. The second-order valence-corrected chi connectivity index (χ2v) is 7.83. The SMILES string of the molecule is Cc1c(Cl)cccc1NC(=O)CCC(=O)NNC(=O)CCCOc1ccc(Cl)cc1Cl. The molecule has 0 fully saturated rings. The van der Waals surface area contributed by atoms with Crippen molar-refractivity contribution in [1.82, 2.24) is 10.9 Å². The highest BCUT2D eigenvalue weighted by Crippen LogP contribution is 2.27. The van der Waals surface area contributed by atoms with Crippen molar-refractivity contribution < 1.29 is 19.1 Å². The van der Waals surface area contributed by atoms with Crippen LogP contribution in [-0.4, -0.2) is 24.3 Å². The van der Waals surface area contributed by atoms with Gasteiger partial charge in [0.05, 0.1) is 11.6 Å². The van der Waals surface area contributed by atoms with Crippen LogP contribution in [0.1, 0.15) is 31.2 Å². The summed E-state index contributed by atoms with van der Waals surface area (Å²) in [5, 5.41) is 4.14. The van der Waals surface area contributed by atoms with E-state index in [4.69, 9.17) is 39.5 Å². The number of benzene rings is 2. The molecule has 0 aliphatic heterocycles. The molecule has 166 valence electrons. The zero-order valence-electron chi connectivity index (χ0n) is 16.8. The number of rotatable bonds is 9. The zero-order chi connectivity index (χ0) is 22.8. The average Bonchev–Trinajstić information content (AvgIpc) is 2.72. The van der Waals surface area contributed by atoms with E-state index in [2.05, 4.69) is 16.2 Å². The lowest BCUT2D eigenvalue weighted by Crippen LogP contribution is -2.41. The fourth-order valence-electron chi connectivity index (χ4n) is 2.45. The number of carbonyl (C=O) groups excluding carboxylic acids is 3. The van der Waals surface area contributed by atoms with Crippen LogP contribution in [0.3, 0.4) is 0 Å². The number of anilines is 1. The van der Waals surface area contributed by atoms with Crippen molar-refractivity contribution in [3.8, 4) is 5.75 Å². The fraction of sp³-hybridized carbons (Fsp3) is 0.286. The summed E-state index contributed by atoms with van der Waals surface area (Å²) in [5.41, 5.74) is 5.92. The molecule has 0 saturated heterocycles. The number of halogens is 3. The van der Waals surface area contributed by atoms with Gasteiger partial charge < -0.3 is 10.1 Å². The van der Waals surface area contributed by atoms with E-state index in [0.29, 0.717) is 32.9 Å². The van der Waals surface area contributed by atoms with E-state index in [0.717, 1.165) is 5.56 Å². The first-order valence-corrected chi connectivity index (χ1v) is 10.6. The lowest BCUT2D eigenvalue weighted by molar-refractivity contribution is -0.129. The van der Waals surface area contributed by atoms with Gasteiger partial charge in [-0.05, 0) is 49.2 Å². The summed E-state index contributed by atoms with van der Waals surface area (Å²) in [7, 11) is 0. The van der Waals surface area contributed by atoms with Gasteiger partial charge in [0.1, 0.15) is 5.75 Å². The fourth-order valence-corrected chi connectivity index (χ4v) is 3.09. The van der Waals surface area contributed by atoms with Crippen LogP contribution in [0.5, 0.6) is 5.75 Å². The summed E-state index contributed by atoms with van der Waals surface area (Å²) in [6.07, 6.45) is 0.440.